The highest BCUT2D eigenvalue weighted by Crippen LogP contribution is 2.35. The summed E-state index contributed by atoms with van der Waals surface area (Å²) >= 11 is 0. The van der Waals surface area contributed by atoms with Crippen molar-refractivity contribution in [2.24, 2.45) is 0 Å². The maximum absolute atomic E-state index is 13.3. The predicted molar refractivity (Wildman–Crippen MR) is 123 cm³/mol. The van der Waals surface area contributed by atoms with E-state index in [9.17, 15) is 4.79 Å². The van der Waals surface area contributed by atoms with Gasteiger partial charge in [0.1, 0.15) is 22.9 Å². The summed E-state index contributed by atoms with van der Waals surface area (Å²) in [4.78, 5) is 13.3. The average molecular weight is 429 g/mol. The fraction of sp³-hybridized carbons (Fsp3) is 0.120. The summed E-state index contributed by atoms with van der Waals surface area (Å²) in [6.07, 6.45) is 1.71. The van der Waals surface area contributed by atoms with Gasteiger partial charge in [0.15, 0.2) is 0 Å². The van der Waals surface area contributed by atoms with Gasteiger partial charge in [-0.15, -0.1) is 0 Å². The van der Waals surface area contributed by atoms with Crippen molar-refractivity contribution in [3.05, 3.63) is 84.6 Å². The van der Waals surface area contributed by atoms with Gasteiger partial charge < -0.3 is 19.5 Å². The van der Waals surface area contributed by atoms with Crippen LogP contribution in [0.3, 0.4) is 0 Å². The summed E-state index contributed by atoms with van der Waals surface area (Å²) in [6.45, 7) is 0. The Morgan fingerprint density at radius 1 is 0.844 bits per heavy atom. The van der Waals surface area contributed by atoms with E-state index >= 15 is 0 Å². The number of hydrogen-bond donors (Lipinski definition) is 1. The molecule has 4 rings (SSSR count). The quantitative estimate of drug-likeness (QED) is 0.456. The van der Waals surface area contributed by atoms with Gasteiger partial charge in [0, 0.05) is 17.4 Å². The van der Waals surface area contributed by atoms with Crippen molar-refractivity contribution < 1.29 is 19.0 Å². The molecule has 4 aromatic rings. The molecule has 0 spiro atoms. The molecule has 7 nitrogen and oxygen atoms in total. The Morgan fingerprint density at radius 2 is 1.53 bits per heavy atom. The number of aromatic nitrogens is 2. The van der Waals surface area contributed by atoms with Crippen LogP contribution in [0.4, 0.5) is 5.69 Å². The van der Waals surface area contributed by atoms with E-state index in [4.69, 9.17) is 19.3 Å². The van der Waals surface area contributed by atoms with Crippen molar-refractivity contribution in [1.29, 1.82) is 0 Å². The molecule has 162 valence electrons. The molecule has 0 radical (unpaired) electrons. The zero-order chi connectivity index (χ0) is 22.5. The van der Waals surface area contributed by atoms with Gasteiger partial charge in [-0.2, -0.15) is 5.10 Å². The molecule has 1 amide bonds. The molecule has 0 fully saturated rings. The van der Waals surface area contributed by atoms with Crippen molar-refractivity contribution in [3.63, 3.8) is 0 Å². The number of methoxy groups -OCH3 is 3. The fourth-order valence-electron chi connectivity index (χ4n) is 3.32. The molecule has 0 atom stereocenters. The second kappa shape index (κ2) is 9.26. The fourth-order valence-corrected chi connectivity index (χ4v) is 3.32. The number of hydrogen-bond acceptors (Lipinski definition) is 5. The summed E-state index contributed by atoms with van der Waals surface area (Å²) in [5.41, 5.74) is 3.01. The van der Waals surface area contributed by atoms with E-state index in [-0.39, 0.29) is 5.91 Å². The van der Waals surface area contributed by atoms with Gasteiger partial charge in [0.25, 0.3) is 5.91 Å². The highest BCUT2D eigenvalue weighted by molar-refractivity contribution is 6.08. The average Bonchev–Trinajstić information content (AvgIpc) is 3.30. The first-order chi connectivity index (χ1) is 15.6. The number of carbonyl (C=O) groups is 1. The standard InChI is InChI=1S/C25H23N3O4/c1-30-19-11-9-17(10-12-19)26-25(29)22-16-28(18-7-5-4-6-8-18)27-24(22)21-15-20(31-2)13-14-23(21)32-3/h4-16H,1-3H3,(H,26,29). The molecule has 1 N–H and O–H groups in total. The van der Waals surface area contributed by atoms with Gasteiger partial charge in [0.05, 0.1) is 32.6 Å². The highest BCUT2D eigenvalue weighted by atomic mass is 16.5. The summed E-state index contributed by atoms with van der Waals surface area (Å²) < 4.78 is 17.8. The molecule has 1 aromatic heterocycles. The Balaban J connectivity index is 1.80. The van der Waals surface area contributed by atoms with Gasteiger partial charge >= 0.3 is 0 Å². The Hall–Kier alpha value is -4.26. The van der Waals surface area contributed by atoms with Crippen LogP contribution in [0.2, 0.25) is 0 Å². The minimum absolute atomic E-state index is 0.294. The number of para-hydroxylation sites is 1. The molecule has 0 saturated carbocycles. The van der Waals surface area contributed by atoms with Gasteiger partial charge in [-0.3, -0.25) is 4.79 Å². The van der Waals surface area contributed by atoms with E-state index in [0.717, 1.165) is 5.69 Å². The third kappa shape index (κ3) is 4.27. The SMILES string of the molecule is COc1ccc(NC(=O)c2cn(-c3ccccc3)nc2-c2cc(OC)ccc2OC)cc1. The van der Waals surface area contributed by atoms with Gasteiger partial charge in [-0.1, -0.05) is 18.2 Å². The minimum atomic E-state index is -0.294. The molecule has 0 bridgehead atoms. The van der Waals surface area contributed by atoms with Crippen LogP contribution in [-0.2, 0) is 0 Å². The number of benzene rings is 3. The zero-order valence-electron chi connectivity index (χ0n) is 18.0. The number of carbonyl (C=O) groups excluding carboxylic acids is 1. The van der Waals surface area contributed by atoms with Crippen LogP contribution in [0.15, 0.2) is 79.0 Å². The highest BCUT2D eigenvalue weighted by Gasteiger charge is 2.22. The Labute approximate surface area is 186 Å². The van der Waals surface area contributed by atoms with E-state index in [1.54, 1.807) is 74.7 Å². The van der Waals surface area contributed by atoms with Crippen molar-refractivity contribution >= 4 is 11.6 Å². The molecule has 0 saturated heterocycles. The maximum Gasteiger partial charge on any atom is 0.259 e. The maximum atomic E-state index is 13.3. The smallest absolute Gasteiger partial charge is 0.259 e. The van der Waals surface area contributed by atoms with E-state index in [0.29, 0.717) is 39.8 Å². The summed E-state index contributed by atoms with van der Waals surface area (Å²) in [6, 6.07) is 22.1. The van der Waals surface area contributed by atoms with Crippen LogP contribution in [0, 0.1) is 0 Å². The predicted octanol–water partition coefficient (Wildman–Crippen LogP) is 4.82. The van der Waals surface area contributed by atoms with Crippen LogP contribution >= 0.6 is 0 Å². The molecule has 3 aromatic carbocycles. The number of amides is 1. The zero-order valence-corrected chi connectivity index (χ0v) is 18.0. The van der Waals surface area contributed by atoms with Crippen LogP contribution in [0.1, 0.15) is 10.4 Å². The molecule has 0 aliphatic carbocycles. The third-order valence-corrected chi connectivity index (χ3v) is 4.99. The molecule has 0 unspecified atom stereocenters. The van der Waals surface area contributed by atoms with E-state index < -0.39 is 0 Å². The largest absolute Gasteiger partial charge is 0.497 e. The second-order valence-corrected chi connectivity index (χ2v) is 6.92. The number of ether oxygens (including phenoxy) is 3. The first kappa shape index (κ1) is 21.0. The number of nitrogens with one attached hydrogen (secondary N) is 1. The monoisotopic (exact) mass is 429 g/mol. The van der Waals surface area contributed by atoms with Crippen molar-refractivity contribution in [2.75, 3.05) is 26.6 Å². The molecule has 7 heteroatoms. The molecular weight excluding hydrogens is 406 g/mol. The van der Waals surface area contributed by atoms with Crippen molar-refractivity contribution in [3.8, 4) is 34.2 Å². The lowest BCUT2D eigenvalue weighted by Crippen LogP contribution is -2.12. The summed E-state index contributed by atoms with van der Waals surface area (Å²) in [5, 5.41) is 7.66. The third-order valence-electron chi connectivity index (χ3n) is 4.99. The number of rotatable bonds is 7. The normalized spacial score (nSPS) is 10.5. The lowest BCUT2D eigenvalue weighted by Gasteiger charge is -2.11. The lowest BCUT2D eigenvalue weighted by molar-refractivity contribution is 0.102. The van der Waals surface area contributed by atoms with Gasteiger partial charge in [-0.25, -0.2) is 4.68 Å². The first-order valence-electron chi connectivity index (χ1n) is 9.96. The van der Waals surface area contributed by atoms with E-state index in [1.807, 2.05) is 30.3 Å². The lowest BCUT2D eigenvalue weighted by atomic mass is 10.1. The molecule has 0 aliphatic heterocycles. The second-order valence-electron chi connectivity index (χ2n) is 6.92. The first-order valence-corrected chi connectivity index (χ1v) is 9.96. The summed E-state index contributed by atoms with van der Waals surface area (Å²) in [5.74, 6) is 1.64. The van der Waals surface area contributed by atoms with Gasteiger partial charge in [0.2, 0.25) is 0 Å². The van der Waals surface area contributed by atoms with Crippen molar-refractivity contribution in [2.45, 2.75) is 0 Å². The van der Waals surface area contributed by atoms with Crippen LogP contribution in [0.5, 0.6) is 17.2 Å². The minimum Gasteiger partial charge on any atom is -0.497 e. The van der Waals surface area contributed by atoms with Crippen LogP contribution in [-0.4, -0.2) is 37.0 Å². The van der Waals surface area contributed by atoms with Crippen LogP contribution < -0.4 is 19.5 Å². The topological polar surface area (TPSA) is 74.6 Å². The van der Waals surface area contributed by atoms with E-state index in [2.05, 4.69) is 5.32 Å². The number of nitrogens with zero attached hydrogens (tertiary/aromatic N) is 2. The van der Waals surface area contributed by atoms with Crippen molar-refractivity contribution in [1.82, 2.24) is 9.78 Å². The summed E-state index contributed by atoms with van der Waals surface area (Å²) in [7, 11) is 4.77. The molecular formula is C25H23N3O4. The number of anilines is 1. The molecule has 32 heavy (non-hydrogen) atoms. The Bertz CT molecular complexity index is 1220. The van der Waals surface area contributed by atoms with Gasteiger partial charge in [-0.05, 0) is 54.6 Å². The Kier molecular flexibility index (Phi) is 6.07. The van der Waals surface area contributed by atoms with Crippen LogP contribution in [0.25, 0.3) is 16.9 Å². The molecule has 0 aliphatic rings. The Morgan fingerprint density at radius 3 is 2.19 bits per heavy atom. The molecule has 1 heterocycles. The van der Waals surface area contributed by atoms with E-state index in [1.165, 1.54) is 0 Å².